The standard InChI is InChI=1S/C10H12OS3/c1-10(13-14-12)6-7-11-9-5-3-2-4-8(9)10/h2-5,12H,6-7H2,1H3. The van der Waals surface area contributed by atoms with Crippen molar-refractivity contribution in [2.45, 2.75) is 18.1 Å². The smallest absolute Gasteiger partial charge is 0.123 e. The van der Waals surface area contributed by atoms with Crippen molar-refractivity contribution in [2.75, 3.05) is 6.61 Å². The van der Waals surface area contributed by atoms with Gasteiger partial charge in [0.15, 0.2) is 0 Å². The molecule has 76 valence electrons. The minimum atomic E-state index is 0.140. The van der Waals surface area contributed by atoms with E-state index in [4.69, 9.17) is 4.74 Å². The highest BCUT2D eigenvalue weighted by Crippen LogP contribution is 2.51. The van der Waals surface area contributed by atoms with Gasteiger partial charge in [-0.25, -0.2) is 0 Å². The molecule has 1 atom stereocenters. The Morgan fingerprint density at radius 3 is 3.00 bits per heavy atom. The Morgan fingerprint density at radius 2 is 2.21 bits per heavy atom. The molecule has 1 heterocycles. The monoisotopic (exact) mass is 244 g/mol. The van der Waals surface area contributed by atoms with E-state index in [2.05, 4.69) is 30.7 Å². The van der Waals surface area contributed by atoms with E-state index in [0.717, 1.165) is 18.8 Å². The molecule has 1 unspecified atom stereocenters. The average molecular weight is 244 g/mol. The van der Waals surface area contributed by atoms with Gasteiger partial charge < -0.3 is 4.74 Å². The molecule has 1 aliphatic rings. The van der Waals surface area contributed by atoms with Gasteiger partial charge in [-0.3, -0.25) is 0 Å². The second-order valence-electron chi connectivity index (χ2n) is 3.48. The van der Waals surface area contributed by atoms with Crippen LogP contribution in [-0.4, -0.2) is 6.61 Å². The summed E-state index contributed by atoms with van der Waals surface area (Å²) < 4.78 is 5.76. The fraction of sp³-hybridized carbons (Fsp3) is 0.400. The summed E-state index contributed by atoms with van der Waals surface area (Å²) in [4.78, 5) is 0. The summed E-state index contributed by atoms with van der Waals surface area (Å²) in [5, 5.41) is 0. The molecule has 0 bridgehead atoms. The van der Waals surface area contributed by atoms with E-state index < -0.39 is 0 Å². The van der Waals surface area contributed by atoms with Crippen LogP contribution in [0.15, 0.2) is 24.3 Å². The van der Waals surface area contributed by atoms with E-state index in [9.17, 15) is 0 Å². The second kappa shape index (κ2) is 4.29. The normalized spacial score (nSPS) is 25.3. The lowest BCUT2D eigenvalue weighted by Crippen LogP contribution is -2.25. The van der Waals surface area contributed by atoms with Crippen LogP contribution in [0.5, 0.6) is 5.75 Å². The maximum Gasteiger partial charge on any atom is 0.123 e. The van der Waals surface area contributed by atoms with Crippen LogP contribution in [0.3, 0.4) is 0 Å². The van der Waals surface area contributed by atoms with E-state index >= 15 is 0 Å². The third-order valence-electron chi connectivity index (χ3n) is 2.51. The lowest BCUT2D eigenvalue weighted by molar-refractivity contribution is 0.263. The minimum Gasteiger partial charge on any atom is -0.493 e. The third-order valence-corrected chi connectivity index (χ3v) is 5.38. The molecule has 14 heavy (non-hydrogen) atoms. The van der Waals surface area contributed by atoms with Gasteiger partial charge in [0, 0.05) is 12.0 Å². The van der Waals surface area contributed by atoms with Crippen LogP contribution in [0.4, 0.5) is 0 Å². The summed E-state index contributed by atoms with van der Waals surface area (Å²) in [7, 11) is 3.32. The zero-order valence-electron chi connectivity index (χ0n) is 7.90. The molecule has 0 aliphatic carbocycles. The lowest BCUT2D eigenvalue weighted by atomic mass is 9.94. The number of ether oxygens (including phenoxy) is 1. The van der Waals surface area contributed by atoms with Crippen LogP contribution in [0.2, 0.25) is 0 Å². The summed E-state index contributed by atoms with van der Waals surface area (Å²) in [5.74, 6) is 1.02. The summed E-state index contributed by atoms with van der Waals surface area (Å²) in [6.07, 6.45) is 1.04. The predicted octanol–water partition coefficient (Wildman–Crippen LogP) is 3.91. The van der Waals surface area contributed by atoms with E-state index in [0.29, 0.717) is 0 Å². The van der Waals surface area contributed by atoms with Gasteiger partial charge in [-0.1, -0.05) is 40.7 Å². The first-order valence-corrected chi connectivity index (χ1v) is 7.68. The highest BCUT2D eigenvalue weighted by molar-refractivity contribution is 9.05. The zero-order chi connectivity index (χ0) is 10.0. The van der Waals surface area contributed by atoms with Crippen LogP contribution < -0.4 is 4.74 Å². The SMILES string of the molecule is CC1(SSS)CCOc2ccccc21. The average Bonchev–Trinajstić information content (AvgIpc) is 2.19. The van der Waals surface area contributed by atoms with E-state index in [1.165, 1.54) is 15.4 Å². The molecule has 0 N–H and O–H groups in total. The molecule has 4 heteroatoms. The van der Waals surface area contributed by atoms with Gasteiger partial charge in [0.1, 0.15) is 5.75 Å². The van der Waals surface area contributed by atoms with Crippen LogP contribution >= 0.6 is 32.3 Å². The van der Waals surface area contributed by atoms with Crippen molar-refractivity contribution in [1.82, 2.24) is 0 Å². The van der Waals surface area contributed by atoms with Crippen LogP contribution in [0.1, 0.15) is 18.9 Å². The predicted molar refractivity (Wildman–Crippen MR) is 68.1 cm³/mol. The quantitative estimate of drug-likeness (QED) is 0.624. The summed E-state index contributed by atoms with van der Waals surface area (Å²) in [6, 6.07) is 8.26. The minimum absolute atomic E-state index is 0.140. The number of thiol groups is 1. The lowest BCUT2D eigenvalue weighted by Gasteiger charge is -2.33. The molecule has 2 rings (SSSR count). The molecule has 0 amide bonds. The molecule has 0 spiro atoms. The molecule has 0 aromatic heterocycles. The van der Waals surface area contributed by atoms with Gasteiger partial charge in [0.2, 0.25) is 0 Å². The number of rotatable bonds is 2. The molecular weight excluding hydrogens is 232 g/mol. The second-order valence-corrected chi connectivity index (χ2v) is 6.99. The van der Waals surface area contributed by atoms with Gasteiger partial charge in [0.25, 0.3) is 0 Å². The van der Waals surface area contributed by atoms with E-state index in [1.807, 2.05) is 12.1 Å². The first-order chi connectivity index (χ1) is 6.76. The van der Waals surface area contributed by atoms with E-state index in [-0.39, 0.29) is 4.75 Å². The molecule has 1 aromatic rings. The first kappa shape index (κ1) is 10.6. The van der Waals surface area contributed by atoms with Crippen molar-refractivity contribution in [3.8, 4) is 5.75 Å². The highest BCUT2D eigenvalue weighted by atomic mass is 33.5. The Hall–Kier alpha value is 0.0700. The topological polar surface area (TPSA) is 9.23 Å². The van der Waals surface area contributed by atoms with Gasteiger partial charge in [-0.05, 0) is 22.8 Å². The molecule has 1 nitrogen and oxygen atoms in total. The van der Waals surface area contributed by atoms with Crippen molar-refractivity contribution < 1.29 is 4.74 Å². The van der Waals surface area contributed by atoms with Crippen molar-refractivity contribution >= 4 is 32.3 Å². The number of fused-ring (bicyclic) bond motifs is 1. The number of hydrogen-bond donors (Lipinski definition) is 1. The van der Waals surface area contributed by atoms with Crippen molar-refractivity contribution in [3.63, 3.8) is 0 Å². The number of benzene rings is 1. The largest absolute Gasteiger partial charge is 0.493 e. The number of para-hydroxylation sites is 1. The van der Waals surface area contributed by atoms with E-state index in [1.54, 1.807) is 10.8 Å². The molecule has 0 fully saturated rings. The Balaban J connectivity index is 2.39. The summed E-state index contributed by atoms with van der Waals surface area (Å²) in [5.41, 5.74) is 1.29. The van der Waals surface area contributed by atoms with Gasteiger partial charge in [-0.15, -0.1) is 0 Å². The number of hydrogen-bond acceptors (Lipinski definition) is 4. The van der Waals surface area contributed by atoms with Gasteiger partial charge >= 0.3 is 0 Å². The third kappa shape index (κ3) is 1.88. The molecular formula is C10H12OS3. The summed E-state index contributed by atoms with van der Waals surface area (Å²) >= 11 is 4.22. The molecule has 1 aromatic carbocycles. The first-order valence-electron chi connectivity index (χ1n) is 4.48. The Morgan fingerprint density at radius 1 is 1.43 bits per heavy atom. The van der Waals surface area contributed by atoms with Crippen molar-refractivity contribution in [3.05, 3.63) is 29.8 Å². The van der Waals surface area contributed by atoms with Gasteiger partial charge in [-0.2, -0.15) is 0 Å². The molecule has 0 radical (unpaired) electrons. The Kier molecular flexibility index (Phi) is 3.24. The van der Waals surface area contributed by atoms with Crippen molar-refractivity contribution in [1.29, 1.82) is 0 Å². The fourth-order valence-corrected chi connectivity index (χ4v) is 4.77. The van der Waals surface area contributed by atoms with Crippen molar-refractivity contribution in [2.24, 2.45) is 0 Å². The highest BCUT2D eigenvalue weighted by Gasteiger charge is 2.33. The van der Waals surface area contributed by atoms with Crippen LogP contribution in [-0.2, 0) is 4.75 Å². The van der Waals surface area contributed by atoms with Crippen LogP contribution in [0.25, 0.3) is 0 Å². The van der Waals surface area contributed by atoms with Gasteiger partial charge in [0.05, 0.1) is 11.4 Å². The fourth-order valence-electron chi connectivity index (χ4n) is 1.69. The maximum absolute atomic E-state index is 5.62. The van der Waals surface area contributed by atoms with Crippen LogP contribution in [0, 0.1) is 0 Å². The zero-order valence-corrected chi connectivity index (χ0v) is 10.4. The maximum atomic E-state index is 5.62. The Bertz CT molecular complexity index is 329. The molecule has 0 saturated carbocycles. The Labute approximate surface area is 97.2 Å². The molecule has 1 aliphatic heterocycles. The summed E-state index contributed by atoms with van der Waals surface area (Å²) in [6.45, 7) is 3.05. The molecule has 0 saturated heterocycles.